The number of primary amides is 1. The summed E-state index contributed by atoms with van der Waals surface area (Å²) in [4.78, 5) is 23.3. The van der Waals surface area contributed by atoms with Gasteiger partial charge in [0.15, 0.2) is 6.10 Å². The van der Waals surface area contributed by atoms with Gasteiger partial charge in [-0.25, -0.2) is 0 Å². The molecule has 0 saturated heterocycles. The molecule has 2 rings (SSSR count). The number of amides is 2. The Balaban J connectivity index is 2.03. The number of rotatable bonds is 5. The lowest BCUT2D eigenvalue weighted by atomic mass is 10.2. The smallest absolute Gasteiger partial charge is 0.265 e. The second-order valence-electron chi connectivity index (χ2n) is 4.59. The zero-order valence-corrected chi connectivity index (χ0v) is 12.6. The first-order chi connectivity index (χ1) is 9.97. The first-order valence-electron chi connectivity index (χ1n) is 6.39. The summed E-state index contributed by atoms with van der Waals surface area (Å²) in [6.45, 7) is 3.59. The minimum absolute atomic E-state index is 0.302. The van der Waals surface area contributed by atoms with E-state index in [1.165, 1.54) is 11.3 Å². The van der Waals surface area contributed by atoms with Crippen LogP contribution in [0.25, 0.3) is 0 Å². The van der Waals surface area contributed by atoms with Crippen molar-refractivity contribution in [1.29, 1.82) is 0 Å². The van der Waals surface area contributed by atoms with Crippen LogP contribution in [0.4, 0.5) is 5.00 Å². The van der Waals surface area contributed by atoms with Gasteiger partial charge in [-0.1, -0.05) is 12.1 Å². The standard InChI is InChI=1S/C15H16N2O3S/c1-9-4-3-5-11(8-9)20-10(2)14(19)17-15-12(13(16)18)6-7-21-15/h3-8,10H,1-2H3,(H2,16,18)(H,17,19)/t10-/m0/s1. The van der Waals surface area contributed by atoms with Gasteiger partial charge in [-0.05, 0) is 43.0 Å². The largest absolute Gasteiger partial charge is 0.481 e. The Hall–Kier alpha value is -2.34. The third kappa shape index (κ3) is 3.82. The summed E-state index contributed by atoms with van der Waals surface area (Å²) < 4.78 is 5.58. The van der Waals surface area contributed by atoms with Crippen molar-refractivity contribution in [1.82, 2.24) is 0 Å². The van der Waals surface area contributed by atoms with Crippen molar-refractivity contribution in [2.24, 2.45) is 5.73 Å². The molecule has 21 heavy (non-hydrogen) atoms. The number of carbonyl (C=O) groups is 2. The Morgan fingerprint density at radius 2 is 2.10 bits per heavy atom. The fourth-order valence-electron chi connectivity index (χ4n) is 1.76. The van der Waals surface area contributed by atoms with Gasteiger partial charge < -0.3 is 15.8 Å². The predicted molar refractivity (Wildman–Crippen MR) is 82.7 cm³/mol. The molecular formula is C15H16N2O3S. The van der Waals surface area contributed by atoms with Crippen molar-refractivity contribution in [3.05, 3.63) is 46.8 Å². The van der Waals surface area contributed by atoms with Crippen LogP contribution in [0.3, 0.4) is 0 Å². The van der Waals surface area contributed by atoms with E-state index in [0.717, 1.165) is 5.56 Å². The van der Waals surface area contributed by atoms with E-state index in [1.54, 1.807) is 24.4 Å². The molecule has 0 fully saturated rings. The molecular weight excluding hydrogens is 288 g/mol. The van der Waals surface area contributed by atoms with Gasteiger partial charge in [0, 0.05) is 0 Å². The van der Waals surface area contributed by atoms with Gasteiger partial charge in [-0.3, -0.25) is 9.59 Å². The molecule has 1 aromatic heterocycles. The number of benzene rings is 1. The number of anilines is 1. The maximum atomic E-state index is 12.1. The molecule has 0 aliphatic heterocycles. The molecule has 1 aromatic carbocycles. The average molecular weight is 304 g/mol. The summed E-state index contributed by atoms with van der Waals surface area (Å²) in [6.07, 6.45) is -0.686. The van der Waals surface area contributed by atoms with E-state index in [4.69, 9.17) is 10.5 Å². The molecule has 5 nitrogen and oxygen atoms in total. The van der Waals surface area contributed by atoms with E-state index >= 15 is 0 Å². The third-order valence-electron chi connectivity index (χ3n) is 2.84. The van der Waals surface area contributed by atoms with Gasteiger partial charge in [-0.15, -0.1) is 11.3 Å². The first-order valence-corrected chi connectivity index (χ1v) is 7.27. The number of hydrogen-bond donors (Lipinski definition) is 2. The van der Waals surface area contributed by atoms with Crippen molar-refractivity contribution in [2.75, 3.05) is 5.32 Å². The molecule has 2 aromatic rings. The van der Waals surface area contributed by atoms with Gasteiger partial charge in [0.1, 0.15) is 10.8 Å². The summed E-state index contributed by atoms with van der Waals surface area (Å²) in [7, 11) is 0. The Labute approximate surface area is 126 Å². The van der Waals surface area contributed by atoms with Gasteiger partial charge in [0.25, 0.3) is 11.8 Å². The van der Waals surface area contributed by atoms with Crippen LogP contribution in [0.15, 0.2) is 35.7 Å². The molecule has 1 heterocycles. The number of carbonyl (C=O) groups excluding carboxylic acids is 2. The Kier molecular flexibility index (Phi) is 4.59. The van der Waals surface area contributed by atoms with E-state index < -0.39 is 12.0 Å². The predicted octanol–water partition coefficient (Wildman–Crippen LogP) is 2.56. The van der Waals surface area contributed by atoms with Crippen LogP contribution in [-0.2, 0) is 4.79 Å². The second kappa shape index (κ2) is 6.41. The van der Waals surface area contributed by atoms with Crippen molar-refractivity contribution in [3.8, 4) is 5.75 Å². The summed E-state index contributed by atoms with van der Waals surface area (Å²) in [5.74, 6) is -0.279. The van der Waals surface area contributed by atoms with Crippen LogP contribution in [0.2, 0.25) is 0 Å². The molecule has 0 bridgehead atoms. The van der Waals surface area contributed by atoms with E-state index in [0.29, 0.717) is 16.3 Å². The molecule has 0 unspecified atom stereocenters. The lowest BCUT2D eigenvalue weighted by Crippen LogP contribution is -2.30. The maximum Gasteiger partial charge on any atom is 0.265 e. The van der Waals surface area contributed by atoms with Crippen LogP contribution in [-0.4, -0.2) is 17.9 Å². The monoisotopic (exact) mass is 304 g/mol. The number of nitrogens with two attached hydrogens (primary N) is 1. The van der Waals surface area contributed by atoms with E-state index in [1.807, 2.05) is 25.1 Å². The summed E-state index contributed by atoms with van der Waals surface area (Å²) in [6, 6.07) is 9.03. The first kappa shape index (κ1) is 15.1. The van der Waals surface area contributed by atoms with Crippen LogP contribution in [0.1, 0.15) is 22.8 Å². The highest BCUT2D eigenvalue weighted by atomic mass is 32.1. The van der Waals surface area contributed by atoms with Crippen molar-refractivity contribution in [3.63, 3.8) is 0 Å². The van der Waals surface area contributed by atoms with E-state index in [9.17, 15) is 9.59 Å². The minimum Gasteiger partial charge on any atom is -0.481 e. The van der Waals surface area contributed by atoms with Crippen LogP contribution in [0.5, 0.6) is 5.75 Å². The number of aryl methyl sites for hydroxylation is 1. The van der Waals surface area contributed by atoms with Gasteiger partial charge in [0.2, 0.25) is 0 Å². The second-order valence-corrected chi connectivity index (χ2v) is 5.51. The molecule has 0 aliphatic rings. The molecule has 3 N–H and O–H groups in total. The Morgan fingerprint density at radius 1 is 1.33 bits per heavy atom. The molecule has 0 aliphatic carbocycles. The Bertz CT molecular complexity index is 666. The number of hydrogen-bond acceptors (Lipinski definition) is 4. The van der Waals surface area contributed by atoms with Crippen molar-refractivity contribution < 1.29 is 14.3 Å². The fourth-order valence-corrected chi connectivity index (χ4v) is 2.56. The highest BCUT2D eigenvalue weighted by molar-refractivity contribution is 7.14. The maximum absolute atomic E-state index is 12.1. The lowest BCUT2D eigenvalue weighted by Gasteiger charge is -2.14. The highest BCUT2D eigenvalue weighted by Gasteiger charge is 2.18. The lowest BCUT2D eigenvalue weighted by molar-refractivity contribution is -0.122. The van der Waals surface area contributed by atoms with Gasteiger partial charge >= 0.3 is 0 Å². The fraction of sp³-hybridized carbons (Fsp3) is 0.200. The Morgan fingerprint density at radius 3 is 2.76 bits per heavy atom. The van der Waals surface area contributed by atoms with Gasteiger partial charge in [0.05, 0.1) is 5.56 Å². The van der Waals surface area contributed by atoms with E-state index in [-0.39, 0.29) is 5.91 Å². The molecule has 6 heteroatoms. The summed E-state index contributed by atoms with van der Waals surface area (Å²) >= 11 is 1.24. The third-order valence-corrected chi connectivity index (χ3v) is 3.67. The average Bonchev–Trinajstić information content (AvgIpc) is 2.87. The van der Waals surface area contributed by atoms with E-state index in [2.05, 4.69) is 5.32 Å². The van der Waals surface area contributed by atoms with Crippen LogP contribution >= 0.6 is 11.3 Å². The molecule has 1 atom stereocenters. The van der Waals surface area contributed by atoms with Crippen molar-refractivity contribution >= 4 is 28.2 Å². The minimum atomic E-state index is -0.686. The number of nitrogens with one attached hydrogen (secondary N) is 1. The zero-order valence-electron chi connectivity index (χ0n) is 11.8. The topological polar surface area (TPSA) is 81.4 Å². The molecule has 0 radical (unpaired) electrons. The van der Waals surface area contributed by atoms with Gasteiger partial charge in [-0.2, -0.15) is 0 Å². The highest BCUT2D eigenvalue weighted by Crippen LogP contribution is 2.23. The normalized spacial score (nSPS) is 11.7. The zero-order chi connectivity index (χ0) is 15.4. The molecule has 2 amide bonds. The van der Waals surface area contributed by atoms with Crippen molar-refractivity contribution in [2.45, 2.75) is 20.0 Å². The number of thiophene rings is 1. The summed E-state index contributed by atoms with van der Waals surface area (Å²) in [5, 5.41) is 4.79. The quantitative estimate of drug-likeness (QED) is 0.890. The molecule has 0 spiro atoms. The van der Waals surface area contributed by atoms with Crippen LogP contribution in [0, 0.1) is 6.92 Å². The number of ether oxygens (including phenoxy) is 1. The summed E-state index contributed by atoms with van der Waals surface area (Å²) in [5.41, 5.74) is 6.59. The van der Waals surface area contributed by atoms with Crippen LogP contribution < -0.4 is 15.8 Å². The molecule has 110 valence electrons. The SMILES string of the molecule is Cc1cccc(O[C@@H](C)C(=O)Nc2sccc2C(N)=O)c1. The molecule has 0 saturated carbocycles.